The second-order valence-electron chi connectivity index (χ2n) is 4.41. The van der Waals surface area contributed by atoms with Crippen LogP contribution in [0.25, 0.3) is 0 Å². The molecule has 0 unspecified atom stereocenters. The fourth-order valence-electron chi connectivity index (χ4n) is 1.99. The maximum Gasteiger partial charge on any atom is 0.219 e. The molecule has 0 radical (unpaired) electrons. The van der Waals surface area contributed by atoms with Crippen molar-refractivity contribution in [2.75, 3.05) is 13.1 Å². The lowest BCUT2D eigenvalue weighted by Crippen LogP contribution is -2.16. The van der Waals surface area contributed by atoms with Gasteiger partial charge in [-0.15, -0.1) is 10.2 Å². The average Bonchev–Trinajstić information content (AvgIpc) is 2.78. The van der Waals surface area contributed by atoms with Gasteiger partial charge in [-0.3, -0.25) is 0 Å². The summed E-state index contributed by atoms with van der Waals surface area (Å²) in [5.41, 5.74) is 0. The van der Waals surface area contributed by atoms with Crippen LogP contribution >= 0.6 is 0 Å². The molecule has 0 aliphatic carbocycles. The molecule has 1 N–H and O–H groups in total. The van der Waals surface area contributed by atoms with Crippen LogP contribution in [0.4, 0.5) is 0 Å². The van der Waals surface area contributed by atoms with E-state index in [1.807, 2.05) is 0 Å². The lowest BCUT2D eigenvalue weighted by molar-refractivity contribution is 0.387. The molecule has 17 heavy (non-hydrogen) atoms. The molecule has 1 heterocycles. The first-order valence-corrected chi connectivity index (χ1v) is 6.84. The van der Waals surface area contributed by atoms with Crippen molar-refractivity contribution in [3.8, 4) is 0 Å². The van der Waals surface area contributed by atoms with Gasteiger partial charge in [0.15, 0.2) is 0 Å². The number of likely N-dealkylation sites (N-methyl/N-ethyl adjacent to an activating group) is 1. The van der Waals surface area contributed by atoms with Gasteiger partial charge in [0.05, 0.1) is 0 Å². The Hall–Kier alpha value is -0.900. The quantitative estimate of drug-likeness (QED) is 0.673. The Morgan fingerprint density at radius 1 is 1.12 bits per heavy atom. The van der Waals surface area contributed by atoms with Crippen LogP contribution in [0, 0.1) is 0 Å². The molecule has 98 valence electrons. The van der Waals surface area contributed by atoms with Crippen LogP contribution in [0.1, 0.15) is 64.2 Å². The monoisotopic (exact) mass is 239 g/mol. The summed E-state index contributed by atoms with van der Waals surface area (Å²) in [6.45, 7) is 8.38. The molecule has 0 bridgehead atoms. The molecule has 4 heteroatoms. The normalized spacial score (nSPS) is 11.3. The van der Waals surface area contributed by atoms with E-state index in [-0.39, 0.29) is 0 Å². The molecule has 0 saturated heterocycles. The second-order valence-corrected chi connectivity index (χ2v) is 4.41. The van der Waals surface area contributed by atoms with Gasteiger partial charge < -0.3 is 9.73 Å². The average molecular weight is 239 g/mol. The predicted molar refractivity (Wildman–Crippen MR) is 69.1 cm³/mol. The zero-order valence-corrected chi connectivity index (χ0v) is 11.3. The highest BCUT2D eigenvalue weighted by Gasteiger charge is 2.16. The van der Waals surface area contributed by atoms with E-state index in [2.05, 4.69) is 36.3 Å². The number of hydrogen-bond acceptors (Lipinski definition) is 4. The van der Waals surface area contributed by atoms with Gasteiger partial charge in [0.1, 0.15) is 0 Å². The van der Waals surface area contributed by atoms with Crippen LogP contribution in [0.15, 0.2) is 4.42 Å². The SMILES string of the molecule is CCCC(CCC)c1nnc(CCNCC)o1. The third kappa shape index (κ3) is 4.86. The Balaban J connectivity index is 2.51. The summed E-state index contributed by atoms with van der Waals surface area (Å²) in [5, 5.41) is 11.6. The summed E-state index contributed by atoms with van der Waals surface area (Å²) in [7, 11) is 0. The number of nitrogens with one attached hydrogen (secondary N) is 1. The largest absolute Gasteiger partial charge is 0.425 e. The van der Waals surface area contributed by atoms with Gasteiger partial charge in [-0.2, -0.15) is 0 Å². The van der Waals surface area contributed by atoms with E-state index in [1.54, 1.807) is 0 Å². The summed E-state index contributed by atoms with van der Waals surface area (Å²) in [6, 6.07) is 0. The number of aromatic nitrogens is 2. The van der Waals surface area contributed by atoms with Gasteiger partial charge in [-0.1, -0.05) is 33.6 Å². The summed E-state index contributed by atoms with van der Waals surface area (Å²) >= 11 is 0. The Morgan fingerprint density at radius 2 is 1.82 bits per heavy atom. The summed E-state index contributed by atoms with van der Waals surface area (Å²) in [5.74, 6) is 2.05. The first-order chi connectivity index (χ1) is 8.31. The van der Waals surface area contributed by atoms with Gasteiger partial charge in [0.25, 0.3) is 0 Å². The first-order valence-electron chi connectivity index (χ1n) is 6.84. The maximum absolute atomic E-state index is 5.74. The van der Waals surface area contributed by atoms with Crippen molar-refractivity contribution in [3.63, 3.8) is 0 Å². The van der Waals surface area contributed by atoms with E-state index in [9.17, 15) is 0 Å². The number of nitrogens with zero attached hydrogens (tertiary/aromatic N) is 2. The van der Waals surface area contributed by atoms with Gasteiger partial charge in [0.2, 0.25) is 11.8 Å². The summed E-state index contributed by atoms with van der Waals surface area (Å²) in [6.07, 6.45) is 5.44. The first kappa shape index (κ1) is 14.2. The van der Waals surface area contributed by atoms with E-state index >= 15 is 0 Å². The second kappa shape index (κ2) is 8.23. The third-order valence-corrected chi connectivity index (χ3v) is 2.87. The standard InChI is InChI=1S/C13H25N3O/c1-4-7-11(8-5-2)13-16-15-12(17-13)9-10-14-6-3/h11,14H,4-10H2,1-3H3. The van der Waals surface area contributed by atoms with E-state index in [4.69, 9.17) is 4.42 Å². The summed E-state index contributed by atoms with van der Waals surface area (Å²) in [4.78, 5) is 0. The van der Waals surface area contributed by atoms with Crippen LogP contribution in [0.3, 0.4) is 0 Å². The minimum absolute atomic E-state index is 0.449. The van der Waals surface area contributed by atoms with Crippen molar-refractivity contribution in [2.45, 2.75) is 58.8 Å². The molecule has 1 rings (SSSR count). The van der Waals surface area contributed by atoms with Crippen molar-refractivity contribution < 1.29 is 4.42 Å². The van der Waals surface area contributed by atoms with Crippen LogP contribution < -0.4 is 5.32 Å². The molecule has 1 aromatic rings. The Labute approximate surface area is 104 Å². The molecule has 0 saturated carbocycles. The summed E-state index contributed by atoms with van der Waals surface area (Å²) < 4.78 is 5.74. The Kier molecular flexibility index (Phi) is 6.86. The van der Waals surface area contributed by atoms with E-state index in [0.29, 0.717) is 5.92 Å². The van der Waals surface area contributed by atoms with E-state index < -0.39 is 0 Å². The van der Waals surface area contributed by atoms with Crippen LogP contribution in [-0.4, -0.2) is 23.3 Å². The molecular weight excluding hydrogens is 214 g/mol. The van der Waals surface area contributed by atoms with E-state index in [1.165, 1.54) is 12.8 Å². The molecule has 0 fully saturated rings. The Bertz CT molecular complexity index is 293. The third-order valence-electron chi connectivity index (χ3n) is 2.87. The molecule has 0 aliphatic heterocycles. The van der Waals surface area contributed by atoms with Gasteiger partial charge in [0, 0.05) is 18.9 Å². The zero-order chi connectivity index (χ0) is 12.5. The highest BCUT2D eigenvalue weighted by atomic mass is 16.4. The lowest BCUT2D eigenvalue weighted by atomic mass is 9.98. The molecule has 0 amide bonds. The van der Waals surface area contributed by atoms with Crippen molar-refractivity contribution in [1.82, 2.24) is 15.5 Å². The minimum Gasteiger partial charge on any atom is -0.425 e. The number of hydrogen-bond donors (Lipinski definition) is 1. The molecule has 0 atom stereocenters. The molecule has 0 spiro atoms. The van der Waals surface area contributed by atoms with Crippen LogP contribution in [0.2, 0.25) is 0 Å². The van der Waals surface area contributed by atoms with Crippen molar-refractivity contribution in [1.29, 1.82) is 0 Å². The van der Waals surface area contributed by atoms with Gasteiger partial charge in [-0.25, -0.2) is 0 Å². The smallest absolute Gasteiger partial charge is 0.219 e. The van der Waals surface area contributed by atoms with Gasteiger partial charge >= 0.3 is 0 Å². The fraction of sp³-hybridized carbons (Fsp3) is 0.846. The maximum atomic E-state index is 5.74. The van der Waals surface area contributed by atoms with Crippen molar-refractivity contribution >= 4 is 0 Å². The zero-order valence-electron chi connectivity index (χ0n) is 11.3. The van der Waals surface area contributed by atoms with E-state index in [0.717, 1.165) is 44.1 Å². The molecule has 1 aromatic heterocycles. The van der Waals surface area contributed by atoms with Crippen LogP contribution in [0.5, 0.6) is 0 Å². The van der Waals surface area contributed by atoms with Crippen molar-refractivity contribution in [2.24, 2.45) is 0 Å². The van der Waals surface area contributed by atoms with Gasteiger partial charge in [-0.05, 0) is 19.4 Å². The fourth-order valence-corrected chi connectivity index (χ4v) is 1.99. The number of rotatable bonds is 9. The topological polar surface area (TPSA) is 51.0 Å². The minimum atomic E-state index is 0.449. The van der Waals surface area contributed by atoms with Crippen molar-refractivity contribution in [3.05, 3.63) is 11.8 Å². The highest BCUT2D eigenvalue weighted by Crippen LogP contribution is 2.25. The predicted octanol–water partition coefficient (Wildman–Crippen LogP) is 2.91. The van der Waals surface area contributed by atoms with Crippen LogP contribution in [-0.2, 0) is 6.42 Å². The Morgan fingerprint density at radius 3 is 2.41 bits per heavy atom. The molecule has 0 aliphatic rings. The lowest BCUT2D eigenvalue weighted by Gasteiger charge is -2.09. The molecule has 4 nitrogen and oxygen atoms in total. The highest BCUT2D eigenvalue weighted by molar-refractivity contribution is 4.91. The molecular formula is C13H25N3O. The molecule has 0 aromatic carbocycles.